The summed E-state index contributed by atoms with van der Waals surface area (Å²) in [6.45, 7) is 2.75. The van der Waals surface area contributed by atoms with Crippen molar-refractivity contribution in [3.8, 4) is 0 Å². The van der Waals surface area contributed by atoms with Gasteiger partial charge in [-0.05, 0) is 26.0 Å². The molecule has 3 N–H and O–H groups in total. The highest BCUT2D eigenvalue weighted by atomic mass is 35.5. The second kappa shape index (κ2) is 7.28. The number of carboxylic acids is 1. The monoisotopic (exact) mass is 332 g/mol. The lowest BCUT2D eigenvalue weighted by molar-refractivity contribution is -0.141. The maximum atomic E-state index is 12.0. The Morgan fingerprint density at radius 3 is 2.29 bits per heavy atom. The summed E-state index contributed by atoms with van der Waals surface area (Å²) < 4.78 is 0. The SMILES string of the molecule is CC(NC(=O)c1cccc(Cl)c1Cl)C(=O)N[C@H](C)C(=O)O. The molecule has 0 radical (unpaired) electrons. The van der Waals surface area contributed by atoms with Crippen LogP contribution in [0.4, 0.5) is 0 Å². The molecule has 2 atom stereocenters. The topological polar surface area (TPSA) is 95.5 Å². The minimum atomic E-state index is -1.17. The zero-order valence-electron chi connectivity index (χ0n) is 11.3. The summed E-state index contributed by atoms with van der Waals surface area (Å²) in [5.74, 6) is -2.36. The molecule has 21 heavy (non-hydrogen) atoms. The molecule has 0 aliphatic rings. The Hall–Kier alpha value is -1.79. The molecule has 0 spiro atoms. The Balaban J connectivity index is 2.72. The summed E-state index contributed by atoms with van der Waals surface area (Å²) in [5.41, 5.74) is 0.134. The van der Waals surface area contributed by atoms with Gasteiger partial charge in [0.25, 0.3) is 5.91 Å². The Morgan fingerprint density at radius 2 is 1.71 bits per heavy atom. The number of benzene rings is 1. The maximum Gasteiger partial charge on any atom is 0.325 e. The van der Waals surface area contributed by atoms with Crippen molar-refractivity contribution in [2.24, 2.45) is 0 Å². The van der Waals surface area contributed by atoms with Crippen LogP contribution in [-0.2, 0) is 9.59 Å². The van der Waals surface area contributed by atoms with Gasteiger partial charge in [0.05, 0.1) is 15.6 Å². The summed E-state index contributed by atoms with van der Waals surface area (Å²) in [7, 11) is 0. The Bertz CT molecular complexity index is 577. The standard InChI is InChI=1S/C13H14Cl2N2O4/c1-6(11(18)17-7(2)13(20)21)16-12(19)8-4-3-5-9(14)10(8)15/h3-7H,1-2H3,(H,16,19)(H,17,18)(H,20,21)/t6?,7-/m1/s1. The van der Waals surface area contributed by atoms with Gasteiger partial charge in [-0.15, -0.1) is 0 Å². The molecule has 1 aromatic carbocycles. The van der Waals surface area contributed by atoms with Crippen LogP contribution in [0.3, 0.4) is 0 Å². The molecule has 6 nitrogen and oxygen atoms in total. The lowest BCUT2D eigenvalue weighted by Crippen LogP contribution is -2.49. The van der Waals surface area contributed by atoms with Gasteiger partial charge in [-0.1, -0.05) is 29.3 Å². The molecule has 0 fully saturated rings. The first-order valence-corrected chi connectivity index (χ1v) is 6.77. The first kappa shape index (κ1) is 17.3. The van der Waals surface area contributed by atoms with E-state index in [0.717, 1.165) is 0 Å². The molecule has 0 aromatic heterocycles. The van der Waals surface area contributed by atoms with Crippen molar-refractivity contribution in [1.82, 2.24) is 10.6 Å². The van der Waals surface area contributed by atoms with Gasteiger partial charge in [0, 0.05) is 0 Å². The summed E-state index contributed by atoms with van der Waals surface area (Å²) in [6, 6.07) is 2.58. The molecule has 2 amide bonds. The highest BCUT2D eigenvalue weighted by molar-refractivity contribution is 6.43. The summed E-state index contributed by atoms with van der Waals surface area (Å²) >= 11 is 11.7. The zero-order chi connectivity index (χ0) is 16.2. The lowest BCUT2D eigenvalue weighted by atomic mass is 10.2. The van der Waals surface area contributed by atoms with Crippen LogP contribution in [0.1, 0.15) is 24.2 Å². The molecule has 114 valence electrons. The third-order valence-corrected chi connectivity index (χ3v) is 3.49. The van der Waals surface area contributed by atoms with E-state index in [9.17, 15) is 14.4 Å². The van der Waals surface area contributed by atoms with E-state index in [4.69, 9.17) is 28.3 Å². The van der Waals surface area contributed by atoms with E-state index in [1.54, 1.807) is 6.07 Å². The van der Waals surface area contributed by atoms with Gasteiger partial charge < -0.3 is 15.7 Å². The van der Waals surface area contributed by atoms with Crippen molar-refractivity contribution in [1.29, 1.82) is 0 Å². The van der Waals surface area contributed by atoms with Crippen LogP contribution < -0.4 is 10.6 Å². The predicted molar refractivity (Wildman–Crippen MR) is 78.6 cm³/mol. The number of carbonyl (C=O) groups excluding carboxylic acids is 2. The Labute approximate surface area is 131 Å². The normalized spacial score (nSPS) is 13.1. The first-order chi connectivity index (χ1) is 9.73. The van der Waals surface area contributed by atoms with Crippen molar-refractivity contribution in [3.05, 3.63) is 33.8 Å². The van der Waals surface area contributed by atoms with E-state index in [-0.39, 0.29) is 15.6 Å². The molecule has 1 rings (SSSR count). The van der Waals surface area contributed by atoms with Gasteiger partial charge in [0.1, 0.15) is 12.1 Å². The number of carbonyl (C=O) groups is 3. The average molecular weight is 333 g/mol. The van der Waals surface area contributed by atoms with Gasteiger partial charge >= 0.3 is 5.97 Å². The third kappa shape index (κ3) is 4.61. The Morgan fingerprint density at radius 1 is 1.10 bits per heavy atom. The molecule has 1 aromatic rings. The highest BCUT2D eigenvalue weighted by Gasteiger charge is 2.22. The number of carboxylic acid groups (broad SMARTS) is 1. The molecule has 0 aliphatic carbocycles. The number of aliphatic carboxylic acids is 1. The van der Waals surface area contributed by atoms with Crippen LogP contribution in [0, 0.1) is 0 Å². The summed E-state index contributed by atoms with van der Waals surface area (Å²) in [5, 5.41) is 13.7. The molecule has 0 aliphatic heterocycles. The quantitative estimate of drug-likeness (QED) is 0.764. The number of rotatable bonds is 5. The van der Waals surface area contributed by atoms with Crippen molar-refractivity contribution in [2.45, 2.75) is 25.9 Å². The number of halogens is 2. The molecule has 1 unspecified atom stereocenters. The van der Waals surface area contributed by atoms with Crippen LogP contribution in [0.25, 0.3) is 0 Å². The van der Waals surface area contributed by atoms with Crippen LogP contribution in [0.2, 0.25) is 10.0 Å². The molecular weight excluding hydrogens is 319 g/mol. The fraction of sp³-hybridized carbons (Fsp3) is 0.308. The fourth-order valence-electron chi connectivity index (χ4n) is 1.42. The molecule has 0 heterocycles. The van der Waals surface area contributed by atoms with Gasteiger partial charge in [-0.3, -0.25) is 14.4 Å². The molecule has 0 saturated carbocycles. The first-order valence-electron chi connectivity index (χ1n) is 6.02. The number of hydrogen-bond acceptors (Lipinski definition) is 3. The van der Waals surface area contributed by atoms with Crippen molar-refractivity contribution in [3.63, 3.8) is 0 Å². The smallest absolute Gasteiger partial charge is 0.325 e. The van der Waals surface area contributed by atoms with E-state index in [0.29, 0.717) is 0 Å². The average Bonchev–Trinajstić information content (AvgIpc) is 2.41. The van der Waals surface area contributed by atoms with Gasteiger partial charge in [-0.25, -0.2) is 0 Å². The predicted octanol–water partition coefficient (Wildman–Crippen LogP) is 1.70. The van der Waals surface area contributed by atoms with E-state index >= 15 is 0 Å². The highest BCUT2D eigenvalue weighted by Crippen LogP contribution is 2.25. The van der Waals surface area contributed by atoms with Gasteiger partial charge in [0.2, 0.25) is 5.91 Å². The maximum absolute atomic E-state index is 12.0. The van der Waals surface area contributed by atoms with E-state index in [1.165, 1.54) is 26.0 Å². The largest absolute Gasteiger partial charge is 0.480 e. The summed E-state index contributed by atoms with van der Waals surface area (Å²) in [4.78, 5) is 34.4. The third-order valence-electron chi connectivity index (χ3n) is 2.67. The van der Waals surface area contributed by atoms with E-state index in [1.807, 2.05) is 0 Å². The molecular formula is C13H14Cl2N2O4. The van der Waals surface area contributed by atoms with E-state index in [2.05, 4.69) is 10.6 Å². The fourth-order valence-corrected chi connectivity index (χ4v) is 1.81. The molecule has 0 saturated heterocycles. The second-order valence-electron chi connectivity index (χ2n) is 4.37. The van der Waals surface area contributed by atoms with Crippen LogP contribution in [-0.4, -0.2) is 35.0 Å². The molecule has 0 bridgehead atoms. The Kier molecular flexibility index (Phi) is 5.99. The van der Waals surface area contributed by atoms with Crippen LogP contribution >= 0.6 is 23.2 Å². The number of amides is 2. The second-order valence-corrected chi connectivity index (χ2v) is 5.15. The number of hydrogen-bond donors (Lipinski definition) is 3. The van der Waals surface area contributed by atoms with Crippen LogP contribution in [0.15, 0.2) is 18.2 Å². The van der Waals surface area contributed by atoms with Gasteiger partial charge in [0.15, 0.2) is 0 Å². The lowest BCUT2D eigenvalue weighted by Gasteiger charge is -2.16. The molecule has 8 heteroatoms. The van der Waals surface area contributed by atoms with Gasteiger partial charge in [-0.2, -0.15) is 0 Å². The van der Waals surface area contributed by atoms with Crippen molar-refractivity contribution < 1.29 is 19.5 Å². The number of nitrogens with one attached hydrogen (secondary N) is 2. The van der Waals surface area contributed by atoms with Crippen molar-refractivity contribution in [2.75, 3.05) is 0 Å². The minimum absolute atomic E-state index is 0.0863. The van der Waals surface area contributed by atoms with E-state index < -0.39 is 29.9 Å². The van der Waals surface area contributed by atoms with Crippen LogP contribution in [0.5, 0.6) is 0 Å². The van der Waals surface area contributed by atoms with Crippen molar-refractivity contribution >= 4 is 41.0 Å². The minimum Gasteiger partial charge on any atom is -0.480 e. The summed E-state index contributed by atoms with van der Waals surface area (Å²) in [6.07, 6.45) is 0. The zero-order valence-corrected chi connectivity index (χ0v) is 12.8.